The molecule has 0 atom stereocenters. The van der Waals surface area contributed by atoms with Crippen molar-refractivity contribution >= 4 is 18.3 Å². The summed E-state index contributed by atoms with van der Waals surface area (Å²) in [6, 6.07) is 14.0. The van der Waals surface area contributed by atoms with Crippen LogP contribution in [0.4, 0.5) is 5.69 Å². The fraction of sp³-hybridized carbons (Fsp3) is 0. The molecule has 17 heavy (non-hydrogen) atoms. The zero-order valence-corrected chi connectivity index (χ0v) is 9.08. The van der Waals surface area contributed by atoms with Crippen molar-refractivity contribution in [3.05, 3.63) is 48.5 Å². The van der Waals surface area contributed by atoms with Gasteiger partial charge in [-0.2, -0.15) is 0 Å². The van der Waals surface area contributed by atoms with Crippen molar-refractivity contribution in [3.63, 3.8) is 0 Å². The lowest BCUT2D eigenvalue weighted by molar-refractivity contribution is 0.426. The van der Waals surface area contributed by atoms with Crippen LogP contribution in [-0.2, 0) is 0 Å². The van der Waals surface area contributed by atoms with E-state index in [1.54, 1.807) is 12.1 Å². The molecule has 0 saturated carbocycles. The van der Waals surface area contributed by atoms with Crippen LogP contribution in [0.2, 0.25) is 0 Å². The van der Waals surface area contributed by atoms with E-state index in [9.17, 15) is 0 Å². The fourth-order valence-electron chi connectivity index (χ4n) is 1.48. The third kappa shape index (κ3) is 2.78. The first kappa shape index (κ1) is 11.5. The van der Waals surface area contributed by atoms with E-state index in [1.807, 2.05) is 30.3 Å². The van der Waals surface area contributed by atoms with E-state index >= 15 is 0 Å². The Balaban J connectivity index is 2.21. The molecule has 0 saturated heterocycles. The van der Waals surface area contributed by atoms with E-state index in [-0.39, 0.29) is 11.2 Å². The van der Waals surface area contributed by atoms with Crippen LogP contribution < -0.4 is 15.9 Å². The summed E-state index contributed by atoms with van der Waals surface area (Å²) in [5.41, 5.74) is 6.23. The SMILES string of the molecule is Nc1cc(Oc2ccccc2)ccc1B(O)O. The quantitative estimate of drug-likeness (QED) is 0.536. The first-order valence-corrected chi connectivity index (χ1v) is 5.15. The van der Waals surface area contributed by atoms with Gasteiger partial charge >= 0.3 is 7.12 Å². The van der Waals surface area contributed by atoms with Gasteiger partial charge in [0, 0.05) is 17.2 Å². The number of benzene rings is 2. The molecule has 0 bridgehead atoms. The summed E-state index contributed by atoms with van der Waals surface area (Å²) in [7, 11) is -1.57. The van der Waals surface area contributed by atoms with Crippen molar-refractivity contribution in [2.75, 3.05) is 5.73 Å². The lowest BCUT2D eigenvalue weighted by Gasteiger charge is -2.09. The Labute approximate surface area is 99.4 Å². The highest BCUT2D eigenvalue weighted by Gasteiger charge is 2.14. The van der Waals surface area contributed by atoms with Crippen molar-refractivity contribution in [2.24, 2.45) is 0 Å². The second-order valence-electron chi connectivity index (χ2n) is 3.58. The first-order chi connectivity index (χ1) is 8.16. The minimum absolute atomic E-state index is 0.269. The Bertz CT molecular complexity index is 502. The third-order valence-corrected chi connectivity index (χ3v) is 2.32. The van der Waals surface area contributed by atoms with Crippen LogP contribution in [0.5, 0.6) is 11.5 Å². The van der Waals surface area contributed by atoms with Crippen LogP contribution >= 0.6 is 0 Å². The second kappa shape index (κ2) is 4.90. The van der Waals surface area contributed by atoms with Gasteiger partial charge in [0.2, 0.25) is 0 Å². The Morgan fingerprint density at radius 2 is 1.65 bits per heavy atom. The van der Waals surface area contributed by atoms with E-state index in [4.69, 9.17) is 20.5 Å². The van der Waals surface area contributed by atoms with Gasteiger partial charge in [0.25, 0.3) is 0 Å². The maximum absolute atomic E-state index is 9.02. The highest BCUT2D eigenvalue weighted by molar-refractivity contribution is 6.60. The molecule has 2 aromatic carbocycles. The van der Waals surface area contributed by atoms with Crippen molar-refractivity contribution in [1.82, 2.24) is 0 Å². The lowest BCUT2D eigenvalue weighted by Crippen LogP contribution is -2.32. The summed E-state index contributed by atoms with van der Waals surface area (Å²) in [6.45, 7) is 0. The Hall–Kier alpha value is -1.98. The minimum Gasteiger partial charge on any atom is -0.457 e. The molecule has 0 fully saturated rings. The summed E-state index contributed by atoms with van der Waals surface area (Å²) >= 11 is 0. The van der Waals surface area contributed by atoms with Gasteiger partial charge in [-0.3, -0.25) is 0 Å². The monoisotopic (exact) mass is 229 g/mol. The molecule has 0 unspecified atom stereocenters. The highest BCUT2D eigenvalue weighted by atomic mass is 16.5. The van der Waals surface area contributed by atoms with Gasteiger partial charge in [-0.05, 0) is 18.2 Å². The van der Waals surface area contributed by atoms with Gasteiger partial charge in [0.05, 0.1) is 0 Å². The molecule has 0 heterocycles. The van der Waals surface area contributed by atoms with Gasteiger partial charge in [0.15, 0.2) is 0 Å². The normalized spacial score (nSPS) is 10.0. The van der Waals surface area contributed by atoms with Crippen LogP contribution in [0.15, 0.2) is 48.5 Å². The summed E-state index contributed by atoms with van der Waals surface area (Å²) in [5.74, 6) is 1.25. The fourth-order valence-corrected chi connectivity index (χ4v) is 1.48. The molecule has 0 aliphatic heterocycles. The molecule has 2 aromatic rings. The largest absolute Gasteiger partial charge is 0.490 e. The Morgan fingerprint density at radius 1 is 0.941 bits per heavy atom. The molecule has 4 nitrogen and oxygen atoms in total. The molecule has 4 N–H and O–H groups in total. The number of anilines is 1. The van der Waals surface area contributed by atoms with Crippen molar-refractivity contribution in [2.45, 2.75) is 0 Å². The predicted octanol–water partition coefficient (Wildman–Crippen LogP) is 0.741. The molecule has 5 heteroatoms. The third-order valence-electron chi connectivity index (χ3n) is 2.32. The van der Waals surface area contributed by atoms with Crippen molar-refractivity contribution in [3.8, 4) is 11.5 Å². The summed E-state index contributed by atoms with van der Waals surface area (Å²) < 4.78 is 5.55. The average Bonchev–Trinajstić information content (AvgIpc) is 2.30. The van der Waals surface area contributed by atoms with Crippen molar-refractivity contribution < 1.29 is 14.8 Å². The minimum atomic E-state index is -1.57. The molecule has 86 valence electrons. The van der Waals surface area contributed by atoms with Crippen LogP contribution in [0.3, 0.4) is 0 Å². The summed E-state index contributed by atoms with van der Waals surface area (Å²) in [4.78, 5) is 0. The summed E-state index contributed by atoms with van der Waals surface area (Å²) in [5, 5.41) is 18.0. The highest BCUT2D eigenvalue weighted by Crippen LogP contribution is 2.21. The molecule has 2 rings (SSSR count). The van der Waals surface area contributed by atoms with E-state index in [2.05, 4.69) is 0 Å². The summed E-state index contributed by atoms with van der Waals surface area (Å²) in [6.07, 6.45) is 0. The Kier molecular flexibility index (Phi) is 3.32. The zero-order chi connectivity index (χ0) is 12.3. The number of hydrogen-bond donors (Lipinski definition) is 3. The number of nitrogens with two attached hydrogens (primary N) is 1. The standard InChI is InChI=1S/C12H12BNO3/c14-12-8-10(6-7-11(12)13(15)16)17-9-4-2-1-3-5-9/h1-8,15-16H,14H2. The second-order valence-corrected chi connectivity index (χ2v) is 3.58. The first-order valence-electron chi connectivity index (χ1n) is 5.15. The zero-order valence-electron chi connectivity index (χ0n) is 9.08. The molecule has 0 spiro atoms. The smallest absolute Gasteiger partial charge is 0.457 e. The van der Waals surface area contributed by atoms with Crippen LogP contribution in [0, 0.1) is 0 Å². The topological polar surface area (TPSA) is 75.7 Å². The van der Waals surface area contributed by atoms with Crippen LogP contribution in [-0.4, -0.2) is 17.2 Å². The molecule has 0 radical (unpaired) electrons. The molecule has 0 aliphatic carbocycles. The van der Waals surface area contributed by atoms with Crippen LogP contribution in [0.1, 0.15) is 0 Å². The van der Waals surface area contributed by atoms with E-state index < -0.39 is 7.12 Å². The van der Waals surface area contributed by atoms with Gasteiger partial charge < -0.3 is 20.5 Å². The van der Waals surface area contributed by atoms with Crippen molar-refractivity contribution in [1.29, 1.82) is 0 Å². The molecule has 0 aliphatic rings. The maximum atomic E-state index is 9.02. The van der Waals surface area contributed by atoms with Crippen LogP contribution in [0.25, 0.3) is 0 Å². The maximum Gasteiger partial charge on any atom is 0.490 e. The van der Waals surface area contributed by atoms with E-state index in [0.717, 1.165) is 0 Å². The molecule has 0 aromatic heterocycles. The van der Waals surface area contributed by atoms with Gasteiger partial charge in [-0.1, -0.05) is 24.3 Å². The number of rotatable bonds is 3. The predicted molar refractivity (Wildman–Crippen MR) is 67.2 cm³/mol. The van der Waals surface area contributed by atoms with E-state index in [0.29, 0.717) is 11.5 Å². The number of nitrogen functional groups attached to an aromatic ring is 1. The molecular formula is C12H12BNO3. The van der Waals surface area contributed by atoms with Gasteiger partial charge in [-0.25, -0.2) is 0 Å². The average molecular weight is 229 g/mol. The number of hydrogen-bond acceptors (Lipinski definition) is 4. The van der Waals surface area contributed by atoms with Gasteiger partial charge in [0.1, 0.15) is 11.5 Å². The molecular weight excluding hydrogens is 217 g/mol. The van der Waals surface area contributed by atoms with E-state index in [1.165, 1.54) is 6.07 Å². The number of para-hydroxylation sites is 1. The van der Waals surface area contributed by atoms with Gasteiger partial charge in [-0.15, -0.1) is 0 Å². The Morgan fingerprint density at radius 3 is 2.24 bits per heavy atom. The molecule has 0 amide bonds. The number of ether oxygens (including phenoxy) is 1. The lowest BCUT2D eigenvalue weighted by atomic mass is 9.79.